The first kappa shape index (κ1) is 11.0. The van der Waals surface area contributed by atoms with Crippen LogP contribution in [0.5, 0.6) is 5.75 Å². The van der Waals surface area contributed by atoms with E-state index in [0.29, 0.717) is 10.6 Å². The third-order valence-corrected chi connectivity index (χ3v) is 2.39. The summed E-state index contributed by atoms with van der Waals surface area (Å²) in [6.45, 7) is 0.201. The minimum Gasteiger partial charge on any atom is -0.489 e. The van der Waals surface area contributed by atoms with E-state index in [4.69, 9.17) is 16.3 Å². The van der Waals surface area contributed by atoms with Gasteiger partial charge in [0.1, 0.15) is 18.2 Å². The van der Waals surface area contributed by atoms with Crippen molar-refractivity contribution < 1.29 is 9.13 Å². The number of para-hydroxylation sites is 1. The molecule has 1 nitrogen and oxygen atoms in total. The van der Waals surface area contributed by atoms with Gasteiger partial charge in [0.05, 0.1) is 0 Å². The Hall–Kier alpha value is -1.54. The molecule has 0 N–H and O–H groups in total. The van der Waals surface area contributed by atoms with Crippen LogP contribution in [0, 0.1) is 5.82 Å². The van der Waals surface area contributed by atoms with E-state index in [1.165, 1.54) is 6.07 Å². The maximum absolute atomic E-state index is 13.4. The lowest BCUT2D eigenvalue weighted by molar-refractivity contribution is 0.300. The number of ether oxygens (including phenoxy) is 1. The van der Waals surface area contributed by atoms with Gasteiger partial charge in [0.25, 0.3) is 0 Å². The Morgan fingerprint density at radius 2 is 1.81 bits per heavy atom. The molecule has 0 saturated carbocycles. The van der Waals surface area contributed by atoms with Gasteiger partial charge in [-0.3, -0.25) is 0 Å². The molecular weight excluding hydrogens is 227 g/mol. The largest absolute Gasteiger partial charge is 0.489 e. The van der Waals surface area contributed by atoms with Gasteiger partial charge in [-0.25, -0.2) is 4.39 Å². The monoisotopic (exact) mass is 236 g/mol. The first-order valence-electron chi connectivity index (χ1n) is 4.87. The molecule has 0 aliphatic heterocycles. The van der Waals surface area contributed by atoms with Gasteiger partial charge in [-0.1, -0.05) is 35.9 Å². The molecule has 2 rings (SSSR count). The Balaban J connectivity index is 2.05. The molecule has 0 amide bonds. The van der Waals surface area contributed by atoms with E-state index in [0.717, 1.165) is 5.75 Å². The van der Waals surface area contributed by atoms with Crippen molar-refractivity contribution in [2.24, 2.45) is 0 Å². The van der Waals surface area contributed by atoms with Crippen LogP contribution in [0.25, 0.3) is 0 Å². The van der Waals surface area contributed by atoms with Gasteiger partial charge in [0.15, 0.2) is 0 Å². The molecule has 2 aromatic rings. The van der Waals surface area contributed by atoms with Crippen molar-refractivity contribution in [1.29, 1.82) is 0 Å². The van der Waals surface area contributed by atoms with Gasteiger partial charge < -0.3 is 4.74 Å². The SMILES string of the molecule is Fc1cc(Cl)ccc1COc1ccccc1. The first-order chi connectivity index (χ1) is 7.75. The minimum absolute atomic E-state index is 0.201. The highest BCUT2D eigenvalue weighted by Gasteiger charge is 2.03. The second-order valence-electron chi connectivity index (χ2n) is 3.34. The van der Waals surface area contributed by atoms with Gasteiger partial charge in [0.2, 0.25) is 0 Å². The predicted molar refractivity (Wildman–Crippen MR) is 62.2 cm³/mol. The van der Waals surface area contributed by atoms with E-state index < -0.39 is 0 Å². The molecule has 16 heavy (non-hydrogen) atoms. The molecule has 3 heteroatoms. The maximum atomic E-state index is 13.4. The number of benzene rings is 2. The van der Waals surface area contributed by atoms with Crippen molar-refractivity contribution >= 4 is 11.6 Å². The fourth-order valence-electron chi connectivity index (χ4n) is 1.32. The van der Waals surface area contributed by atoms with Gasteiger partial charge in [0, 0.05) is 10.6 Å². The summed E-state index contributed by atoms with van der Waals surface area (Å²) in [6, 6.07) is 13.8. The molecule has 0 aromatic heterocycles. The summed E-state index contributed by atoms with van der Waals surface area (Å²) in [4.78, 5) is 0. The first-order valence-corrected chi connectivity index (χ1v) is 5.25. The summed E-state index contributed by atoms with van der Waals surface area (Å²) >= 11 is 5.65. The zero-order chi connectivity index (χ0) is 11.4. The highest BCUT2D eigenvalue weighted by molar-refractivity contribution is 6.30. The summed E-state index contributed by atoms with van der Waals surface area (Å²) in [5, 5.41) is 0.390. The molecule has 0 unspecified atom stereocenters. The molecule has 0 heterocycles. The smallest absolute Gasteiger partial charge is 0.131 e. The van der Waals surface area contributed by atoms with Crippen LogP contribution >= 0.6 is 11.6 Å². The highest BCUT2D eigenvalue weighted by Crippen LogP contribution is 2.17. The zero-order valence-corrected chi connectivity index (χ0v) is 9.25. The topological polar surface area (TPSA) is 9.23 Å². The van der Waals surface area contributed by atoms with Crippen LogP contribution in [0.2, 0.25) is 5.02 Å². The van der Waals surface area contributed by atoms with E-state index in [2.05, 4.69) is 0 Å². The fraction of sp³-hybridized carbons (Fsp3) is 0.0769. The molecule has 0 spiro atoms. The normalized spacial score (nSPS) is 10.1. The average molecular weight is 237 g/mol. The molecular formula is C13H10ClFO. The molecule has 0 bridgehead atoms. The lowest BCUT2D eigenvalue weighted by Gasteiger charge is -2.06. The number of halogens is 2. The highest BCUT2D eigenvalue weighted by atomic mass is 35.5. The zero-order valence-electron chi connectivity index (χ0n) is 8.49. The van der Waals surface area contributed by atoms with E-state index >= 15 is 0 Å². The van der Waals surface area contributed by atoms with Crippen molar-refractivity contribution in [3.8, 4) is 5.75 Å². The molecule has 0 aliphatic carbocycles. The van der Waals surface area contributed by atoms with Crippen LogP contribution in [0.3, 0.4) is 0 Å². The van der Waals surface area contributed by atoms with Crippen LogP contribution < -0.4 is 4.74 Å². The fourth-order valence-corrected chi connectivity index (χ4v) is 1.48. The third-order valence-electron chi connectivity index (χ3n) is 2.15. The van der Waals surface area contributed by atoms with Crippen molar-refractivity contribution in [2.45, 2.75) is 6.61 Å². The van der Waals surface area contributed by atoms with Crippen molar-refractivity contribution in [3.05, 3.63) is 64.9 Å². The van der Waals surface area contributed by atoms with Crippen LogP contribution in [0.4, 0.5) is 4.39 Å². The lowest BCUT2D eigenvalue weighted by atomic mass is 10.2. The van der Waals surface area contributed by atoms with E-state index in [1.54, 1.807) is 12.1 Å². The van der Waals surface area contributed by atoms with Crippen LogP contribution in [0.1, 0.15) is 5.56 Å². The number of hydrogen-bond donors (Lipinski definition) is 0. The van der Waals surface area contributed by atoms with Crippen LogP contribution in [-0.4, -0.2) is 0 Å². The summed E-state index contributed by atoms with van der Waals surface area (Å²) in [5.74, 6) is 0.375. The summed E-state index contributed by atoms with van der Waals surface area (Å²) < 4.78 is 18.8. The molecule has 0 saturated heterocycles. The molecule has 2 aromatic carbocycles. The summed E-state index contributed by atoms with van der Waals surface area (Å²) in [6.07, 6.45) is 0. The molecule has 0 atom stereocenters. The summed E-state index contributed by atoms with van der Waals surface area (Å²) in [7, 11) is 0. The maximum Gasteiger partial charge on any atom is 0.131 e. The molecule has 0 radical (unpaired) electrons. The Morgan fingerprint density at radius 3 is 2.50 bits per heavy atom. The van der Waals surface area contributed by atoms with Crippen molar-refractivity contribution in [2.75, 3.05) is 0 Å². The second kappa shape index (κ2) is 4.99. The second-order valence-corrected chi connectivity index (χ2v) is 3.77. The standard InChI is InChI=1S/C13H10ClFO/c14-11-7-6-10(13(15)8-11)9-16-12-4-2-1-3-5-12/h1-8H,9H2. The van der Waals surface area contributed by atoms with Gasteiger partial charge >= 0.3 is 0 Å². The third kappa shape index (κ3) is 2.74. The lowest BCUT2D eigenvalue weighted by Crippen LogP contribution is -1.98. The van der Waals surface area contributed by atoms with Crippen LogP contribution in [-0.2, 0) is 6.61 Å². The Morgan fingerprint density at radius 1 is 1.06 bits per heavy atom. The Kier molecular flexibility index (Phi) is 3.42. The van der Waals surface area contributed by atoms with Crippen LogP contribution in [0.15, 0.2) is 48.5 Å². The van der Waals surface area contributed by atoms with E-state index in [-0.39, 0.29) is 12.4 Å². The van der Waals surface area contributed by atoms with E-state index in [1.807, 2.05) is 30.3 Å². The van der Waals surface area contributed by atoms with Gasteiger partial charge in [-0.05, 0) is 24.3 Å². The van der Waals surface area contributed by atoms with Gasteiger partial charge in [-0.15, -0.1) is 0 Å². The molecule has 82 valence electrons. The predicted octanol–water partition coefficient (Wildman–Crippen LogP) is 4.06. The van der Waals surface area contributed by atoms with E-state index in [9.17, 15) is 4.39 Å². The van der Waals surface area contributed by atoms with Crippen molar-refractivity contribution in [1.82, 2.24) is 0 Å². The Bertz CT molecular complexity index is 471. The number of rotatable bonds is 3. The summed E-state index contributed by atoms with van der Waals surface area (Å²) in [5.41, 5.74) is 0.494. The molecule has 0 fully saturated rings. The van der Waals surface area contributed by atoms with Gasteiger partial charge in [-0.2, -0.15) is 0 Å². The quantitative estimate of drug-likeness (QED) is 0.781. The molecule has 0 aliphatic rings. The number of hydrogen-bond acceptors (Lipinski definition) is 1. The Labute approximate surface area is 98.4 Å². The minimum atomic E-state index is -0.344. The van der Waals surface area contributed by atoms with Crippen molar-refractivity contribution in [3.63, 3.8) is 0 Å². The average Bonchev–Trinajstić information content (AvgIpc) is 2.29.